The van der Waals surface area contributed by atoms with E-state index in [1.165, 1.54) is 11.6 Å². The molecular formula is C24H28FIN6. The van der Waals surface area contributed by atoms with Crippen molar-refractivity contribution in [3.05, 3.63) is 89.9 Å². The van der Waals surface area contributed by atoms with Crippen molar-refractivity contribution in [2.75, 3.05) is 13.1 Å². The Morgan fingerprint density at radius 3 is 2.81 bits per heavy atom. The number of nitrogens with one attached hydrogen (secondary N) is 3. The molecule has 2 aromatic heterocycles. The number of aliphatic imine (C=N–C) groups is 1. The van der Waals surface area contributed by atoms with Crippen LogP contribution in [0.15, 0.2) is 72.1 Å². The fourth-order valence-electron chi connectivity index (χ4n) is 3.58. The zero-order chi connectivity index (χ0) is 21.5. The van der Waals surface area contributed by atoms with E-state index in [1.54, 1.807) is 12.1 Å². The number of guanidine groups is 1. The molecule has 0 aliphatic heterocycles. The molecule has 0 fully saturated rings. The van der Waals surface area contributed by atoms with E-state index < -0.39 is 0 Å². The Morgan fingerprint density at radius 2 is 2.00 bits per heavy atom. The van der Waals surface area contributed by atoms with Crippen molar-refractivity contribution in [2.45, 2.75) is 26.4 Å². The summed E-state index contributed by atoms with van der Waals surface area (Å²) in [4.78, 5) is 12.4. The van der Waals surface area contributed by atoms with E-state index in [-0.39, 0.29) is 29.8 Å². The highest BCUT2D eigenvalue weighted by molar-refractivity contribution is 14.0. The summed E-state index contributed by atoms with van der Waals surface area (Å²) >= 11 is 0. The molecule has 0 unspecified atom stereocenters. The van der Waals surface area contributed by atoms with Gasteiger partial charge in [0.15, 0.2) is 5.96 Å². The highest BCUT2D eigenvalue weighted by Crippen LogP contribution is 2.19. The number of rotatable bonds is 8. The average molecular weight is 546 g/mol. The zero-order valence-electron chi connectivity index (χ0n) is 18.0. The van der Waals surface area contributed by atoms with E-state index >= 15 is 0 Å². The van der Waals surface area contributed by atoms with Crippen molar-refractivity contribution in [2.24, 2.45) is 4.99 Å². The van der Waals surface area contributed by atoms with Crippen molar-refractivity contribution in [1.82, 2.24) is 25.2 Å². The van der Waals surface area contributed by atoms with E-state index in [0.29, 0.717) is 13.1 Å². The van der Waals surface area contributed by atoms with Gasteiger partial charge in [-0.1, -0.05) is 30.3 Å². The van der Waals surface area contributed by atoms with Gasteiger partial charge in [0.2, 0.25) is 0 Å². The topological polar surface area (TPSA) is 70.0 Å². The van der Waals surface area contributed by atoms with Crippen LogP contribution in [0.25, 0.3) is 10.9 Å². The summed E-state index contributed by atoms with van der Waals surface area (Å²) in [5.41, 5.74) is 3.25. The molecule has 3 N–H and O–H groups in total. The second kappa shape index (κ2) is 11.7. The second-order valence-corrected chi connectivity index (χ2v) is 7.33. The molecule has 0 aliphatic carbocycles. The van der Waals surface area contributed by atoms with Gasteiger partial charge in [0.25, 0.3) is 0 Å². The number of fused-ring (bicyclic) bond motifs is 1. The summed E-state index contributed by atoms with van der Waals surface area (Å²) in [6.45, 7) is 4.74. The van der Waals surface area contributed by atoms with Gasteiger partial charge < -0.3 is 20.2 Å². The predicted molar refractivity (Wildman–Crippen MR) is 138 cm³/mol. The molecule has 32 heavy (non-hydrogen) atoms. The fraction of sp³-hybridized carbons (Fsp3) is 0.250. The summed E-state index contributed by atoms with van der Waals surface area (Å²) in [5.74, 6) is 1.43. The van der Waals surface area contributed by atoms with Crippen molar-refractivity contribution < 1.29 is 4.39 Å². The normalized spacial score (nSPS) is 11.4. The van der Waals surface area contributed by atoms with Crippen LogP contribution in [-0.2, 0) is 19.5 Å². The standard InChI is InChI=1S/C24H27FN6.HI/c1-2-26-24(28-11-10-19-15-29-22-9-8-20(25)14-21(19)22)30-16-23-27-12-13-31(23)17-18-6-4-3-5-7-18;/h3-9,12-15,29H,2,10-11,16-17H2,1H3,(H2,26,28,30);1H. The number of hydrogen-bond acceptors (Lipinski definition) is 2. The Bertz CT molecular complexity index is 1150. The van der Waals surface area contributed by atoms with E-state index in [2.05, 4.69) is 37.3 Å². The Hall–Kier alpha value is -2.88. The van der Waals surface area contributed by atoms with E-state index in [4.69, 9.17) is 4.99 Å². The molecule has 2 aromatic carbocycles. The lowest BCUT2D eigenvalue weighted by Crippen LogP contribution is -2.38. The Morgan fingerprint density at radius 1 is 1.16 bits per heavy atom. The molecular weight excluding hydrogens is 518 g/mol. The molecule has 8 heteroatoms. The molecule has 2 heterocycles. The highest BCUT2D eigenvalue weighted by Gasteiger charge is 2.07. The average Bonchev–Trinajstić information content (AvgIpc) is 3.39. The van der Waals surface area contributed by atoms with Crippen molar-refractivity contribution in [3.63, 3.8) is 0 Å². The molecule has 0 atom stereocenters. The lowest BCUT2D eigenvalue weighted by Gasteiger charge is -2.12. The van der Waals surface area contributed by atoms with Crippen LogP contribution in [0.4, 0.5) is 4.39 Å². The molecule has 0 saturated carbocycles. The molecule has 4 rings (SSSR count). The van der Waals surface area contributed by atoms with Gasteiger partial charge in [-0.2, -0.15) is 0 Å². The predicted octanol–water partition coefficient (Wildman–Crippen LogP) is 4.47. The first-order valence-electron chi connectivity index (χ1n) is 10.5. The van der Waals surface area contributed by atoms with E-state index in [0.717, 1.165) is 47.8 Å². The van der Waals surface area contributed by atoms with Crippen LogP contribution in [-0.4, -0.2) is 33.6 Å². The summed E-state index contributed by atoms with van der Waals surface area (Å²) < 4.78 is 15.7. The number of benzene rings is 2. The van der Waals surface area contributed by atoms with Gasteiger partial charge in [0, 0.05) is 49.1 Å². The summed E-state index contributed by atoms with van der Waals surface area (Å²) in [6.07, 6.45) is 6.49. The maximum Gasteiger partial charge on any atom is 0.191 e. The van der Waals surface area contributed by atoms with Crippen LogP contribution in [0, 0.1) is 5.82 Å². The Labute approximate surface area is 204 Å². The van der Waals surface area contributed by atoms with E-state index in [9.17, 15) is 4.39 Å². The lowest BCUT2D eigenvalue weighted by atomic mass is 10.1. The summed E-state index contributed by atoms with van der Waals surface area (Å²) in [7, 11) is 0. The molecule has 0 amide bonds. The lowest BCUT2D eigenvalue weighted by molar-refractivity contribution is 0.629. The van der Waals surface area contributed by atoms with Crippen molar-refractivity contribution in [3.8, 4) is 0 Å². The number of imidazole rings is 1. The summed E-state index contributed by atoms with van der Waals surface area (Å²) in [6, 6.07) is 15.1. The minimum atomic E-state index is -0.220. The van der Waals surface area contributed by atoms with Crippen LogP contribution >= 0.6 is 24.0 Å². The van der Waals surface area contributed by atoms with Gasteiger partial charge >= 0.3 is 0 Å². The SMILES string of the molecule is CCNC(=NCc1nccn1Cc1ccccc1)NCCc1c[nH]c2ccc(F)cc12.I. The van der Waals surface area contributed by atoms with Crippen LogP contribution in [0.2, 0.25) is 0 Å². The van der Waals surface area contributed by atoms with Gasteiger partial charge in [-0.3, -0.25) is 0 Å². The first-order chi connectivity index (χ1) is 15.2. The number of H-pyrrole nitrogens is 1. The largest absolute Gasteiger partial charge is 0.361 e. The van der Waals surface area contributed by atoms with Crippen LogP contribution in [0.1, 0.15) is 23.9 Å². The number of halogens is 2. The molecule has 6 nitrogen and oxygen atoms in total. The van der Waals surface area contributed by atoms with Gasteiger partial charge in [-0.05, 0) is 42.7 Å². The van der Waals surface area contributed by atoms with Gasteiger partial charge in [-0.15, -0.1) is 24.0 Å². The van der Waals surface area contributed by atoms with Gasteiger partial charge in [0.05, 0.1) is 0 Å². The number of nitrogens with zero attached hydrogens (tertiary/aromatic N) is 3. The van der Waals surface area contributed by atoms with Crippen LogP contribution < -0.4 is 10.6 Å². The minimum absolute atomic E-state index is 0. The smallest absolute Gasteiger partial charge is 0.191 e. The number of aromatic amines is 1. The molecule has 0 aliphatic rings. The molecule has 0 radical (unpaired) electrons. The third-order valence-electron chi connectivity index (χ3n) is 5.14. The molecule has 0 bridgehead atoms. The molecule has 0 spiro atoms. The molecule has 0 saturated heterocycles. The first kappa shape index (κ1) is 23.8. The number of hydrogen-bond donors (Lipinski definition) is 3. The first-order valence-corrected chi connectivity index (χ1v) is 10.5. The highest BCUT2D eigenvalue weighted by atomic mass is 127. The zero-order valence-corrected chi connectivity index (χ0v) is 20.3. The van der Waals surface area contributed by atoms with E-state index in [1.807, 2.05) is 43.7 Å². The monoisotopic (exact) mass is 546 g/mol. The quantitative estimate of drug-likeness (QED) is 0.174. The Balaban J connectivity index is 0.00000289. The van der Waals surface area contributed by atoms with Crippen LogP contribution in [0.3, 0.4) is 0 Å². The number of aromatic nitrogens is 3. The maximum atomic E-state index is 13.6. The second-order valence-electron chi connectivity index (χ2n) is 7.33. The minimum Gasteiger partial charge on any atom is -0.361 e. The molecule has 4 aromatic rings. The van der Waals surface area contributed by atoms with Gasteiger partial charge in [-0.25, -0.2) is 14.4 Å². The fourth-order valence-corrected chi connectivity index (χ4v) is 3.58. The third kappa shape index (κ3) is 6.09. The van der Waals surface area contributed by atoms with Gasteiger partial charge in [0.1, 0.15) is 18.2 Å². The third-order valence-corrected chi connectivity index (χ3v) is 5.14. The van der Waals surface area contributed by atoms with Crippen molar-refractivity contribution >= 4 is 40.8 Å². The summed E-state index contributed by atoms with van der Waals surface area (Å²) in [5, 5.41) is 7.56. The van der Waals surface area contributed by atoms with Crippen LogP contribution in [0.5, 0.6) is 0 Å². The van der Waals surface area contributed by atoms with Crippen molar-refractivity contribution in [1.29, 1.82) is 0 Å². The molecule has 168 valence electrons. The maximum absolute atomic E-state index is 13.6. The Kier molecular flexibility index (Phi) is 8.66.